The molecule has 0 fully saturated rings. The molecule has 0 radical (unpaired) electrons. The van der Waals surface area contributed by atoms with Crippen LogP contribution < -0.4 is 0 Å². The van der Waals surface area contributed by atoms with Crippen molar-refractivity contribution in [1.82, 2.24) is 4.98 Å². The monoisotopic (exact) mass is 426 g/mol. The molecule has 138 valence electrons. The Morgan fingerprint density at radius 1 is 0.929 bits per heavy atom. The van der Waals surface area contributed by atoms with E-state index >= 15 is 0 Å². The van der Waals surface area contributed by atoms with Crippen LogP contribution in [0.3, 0.4) is 0 Å². The highest BCUT2D eigenvalue weighted by molar-refractivity contribution is 7.99. The molecule has 7 heteroatoms. The Morgan fingerprint density at radius 3 is 2.32 bits per heavy atom. The van der Waals surface area contributed by atoms with Crippen LogP contribution >= 0.6 is 35.0 Å². The number of benzene rings is 2. The number of hydrogen-bond donors (Lipinski definition) is 0. The molecule has 1 aromatic heterocycles. The first-order valence-corrected chi connectivity index (χ1v) is 9.83. The highest BCUT2D eigenvalue weighted by atomic mass is 35.5. The maximum absolute atomic E-state index is 12.3. The third-order valence-corrected chi connectivity index (χ3v) is 5.35. The van der Waals surface area contributed by atoms with Gasteiger partial charge in [0.2, 0.25) is 5.90 Å². The Balaban J connectivity index is 1.65. The summed E-state index contributed by atoms with van der Waals surface area (Å²) >= 11 is 13.3. The number of esters is 1. The van der Waals surface area contributed by atoms with Crippen molar-refractivity contribution in [3.8, 4) is 0 Å². The molecule has 0 bridgehead atoms. The summed E-state index contributed by atoms with van der Waals surface area (Å²) in [5, 5.41) is 1.97. The van der Waals surface area contributed by atoms with Crippen molar-refractivity contribution >= 4 is 52.9 Å². The number of aliphatic imine (C=N–C) groups is 1. The van der Waals surface area contributed by atoms with E-state index in [-0.39, 0.29) is 11.6 Å². The SMILES string of the molecule is O=C1OC(c2cccnc2Sc2ccc(Cl)cc2)=NC1=Cc1ccc(Cl)cc1. The molecule has 0 unspecified atom stereocenters. The van der Waals surface area contributed by atoms with Gasteiger partial charge in [0.25, 0.3) is 0 Å². The average molecular weight is 427 g/mol. The molecule has 3 aromatic rings. The number of carbonyl (C=O) groups is 1. The van der Waals surface area contributed by atoms with Crippen molar-refractivity contribution in [2.24, 2.45) is 4.99 Å². The normalized spacial score (nSPS) is 14.9. The number of carbonyl (C=O) groups excluding carboxylic acids is 1. The molecule has 4 nitrogen and oxygen atoms in total. The third-order valence-electron chi connectivity index (χ3n) is 3.82. The van der Waals surface area contributed by atoms with Gasteiger partial charge in [-0.1, -0.05) is 47.1 Å². The first-order valence-electron chi connectivity index (χ1n) is 8.25. The van der Waals surface area contributed by atoms with Crippen molar-refractivity contribution in [1.29, 1.82) is 0 Å². The van der Waals surface area contributed by atoms with E-state index < -0.39 is 5.97 Å². The summed E-state index contributed by atoms with van der Waals surface area (Å²) in [6, 6.07) is 18.1. The lowest BCUT2D eigenvalue weighted by atomic mass is 10.2. The third kappa shape index (κ3) is 4.28. The van der Waals surface area contributed by atoms with Crippen LogP contribution in [0.15, 0.2) is 87.5 Å². The Morgan fingerprint density at radius 2 is 1.61 bits per heavy atom. The van der Waals surface area contributed by atoms with E-state index in [9.17, 15) is 4.79 Å². The molecule has 1 aliphatic rings. The summed E-state index contributed by atoms with van der Waals surface area (Å²) in [4.78, 5) is 22.0. The number of rotatable bonds is 4. The van der Waals surface area contributed by atoms with Crippen molar-refractivity contribution in [2.75, 3.05) is 0 Å². The van der Waals surface area contributed by atoms with E-state index in [1.165, 1.54) is 11.8 Å². The molecule has 0 N–H and O–H groups in total. The lowest BCUT2D eigenvalue weighted by molar-refractivity contribution is -0.129. The van der Waals surface area contributed by atoms with E-state index in [0.29, 0.717) is 20.6 Å². The second kappa shape index (κ2) is 8.19. The zero-order chi connectivity index (χ0) is 19.5. The molecule has 4 rings (SSSR count). The summed E-state index contributed by atoms with van der Waals surface area (Å²) < 4.78 is 5.40. The molecule has 0 amide bonds. The molecule has 0 aliphatic carbocycles. The van der Waals surface area contributed by atoms with E-state index in [0.717, 1.165) is 10.5 Å². The lowest BCUT2D eigenvalue weighted by Gasteiger charge is -2.06. The Bertz CT molecular complexity index is 1090. The van der Waals surface area contributed by atoms with Crippen LogP contribution in [0, 0.1) is 0 Å². The standard InChI is InChI=1S/C21H12Cl2N2O2S/c22-14-5-3-13(4-6-14)12-18-21(26)27-19(25-18)17-2-1-11-24-20(17)28-16-9-7-15(23)8-10-16/h1-12H. The summed E-state index contributed by atoms with van der Waals surface area (Å²) in [6.07, 6.45) is 3.34. The van der Waals surface area contributed by atoms with Gasteiger partial charge >= 0.3 is 5.97 Å². The largest absolute Gasteiger partial charge is 0.402 e. The van der Waals surface area contributed by atoms with Gasteiger partial charge in [0.1, 0.15) is 5.03 Å². The summed E-state index contributed by atoms with van der Waals surface area (Å²) in [7, 11) is 0. The molecular formula is C21H12Cl2N2O2S. The maximum Gasteiger partial charge on any atom is 0.363 e. The molecule has 28 heavy (non-hydrogen) atoms. The minimum Gasteiger partial charge on any atom is -0.402 e. The first kappa shape index (κ1) is 18.7. The number of cyclic esters (lactones) is 1. The van der Waals surface area contributed by atoms with Crippen LogP contribution in [0.5, 0.6) is 0 Å². The predicted molar refractivity (Wildman–Crippen MR) is 112 cm³/mol. The fraction of sp³-hybridized carbons (Fsp3) is 0. The Kier molecular flexibility index (Phi) is 5.48. The van der Waals surface area contributed by atoms with Gasteiger partial charge in [-0.3, -0.25) is 0 Å². The Hall–Kier alpha value is -2.60. The molecular weight excluding hydrogens is 415 g/mol. The van der Waals surface area contributed by atoms with Gasteiger partial charge in [-0.2, -0.15) is 0 Å². The zero-order valence-corrected chi connectivity index (χ0v) is 16.6. The summed E-state index contributed by atoms with van der Waals surface area (Å²) in [5.41, 5.74) is 1.68. The maximum atomic E-state index is 12.3. The van der Waals surface area contributed by atoms with Crippen LogP contribution in [0.1, 0.15) is 11.1 Å². The van der Waals surface area contributed by atoms with Crippen molar-refractivity contribution < 1.29 is 9.53 Å². The fourth-order valence-electron chi connectivity index (χ4n) is 2.49. The predicted octanol–water partition coefficient (Wildman–Crippen LogP) is 5.88. The minimum absolute atomic E-state index is 0.226. The molecule has 2 aromatic carbocycles. The highest BCUT2D eigenvalue weighted by Crippen LogP contribution is 2.31. The Labute approximate surface area is 175 Å². The molecule has 2 heterocycles. The van der Waals surface area contributed by atoms with Crippen molar-refractivity contribution in [2.45, 2.75) is 9.92 Å². The van der Waals surface area contributed by atoms with Crippen LogP contribution in [-0.4, -0.2) is 16.9 Å². The van der Waals surface area contributed by atoms with Crippen LogP contribution in [0.25, 0.3) is 6.08 Å². The second-order valence-electron chi connectivity index (χ2n) is 5.80. The zero-order valence-electron chi connectivity index (χ0n) is 14.3. The lowest BCUT2D eigenvalue weighted by Crippen LogP contribution is -2.07. The molecule has 0 saturated heterocycles. The number of hydrogen-bond acceptors (Lipinski definition) is 5. The van der Waals surface area contributed by atoms with Gasteiger partial charge in [-0.05, 0) is 60.2 Å². The molecule has 1 aliphatic heterocycles. The van der Waals surface area contributed by atoms with Crippen LogP contribution in [0.4, 0.5) is 0 Å². The first-order chi connectivity index (χ1) is 13.6. The van der Waals surface area contributed by atoms with Crippen LogP contribution in [0.2, 0.25) is 10.0 Å². The second-order valence-corrected chi connectivity index (χ2v) is 7.73. The van der Waals surface area contributed by atoms with Gasteiger partial charge < -0.3 is 4.74 Å². The number of halogens is 2. The van der Waals surface area contributed by atoms with Gasteiger partial charge in [-0.25, -0.2) is 14.8 Å². The van der Waals surface area contributed by atoms with Crippen LogP contribution in [-0.2, 0) is 9.53 Å². The molecule has 0 saturated carbocycles. The van der Waals surface area contributed by atoms with Crippen molar-refractivity contribution in [3.05, 3.63) is 93.7 Å². The van der Waals surface area contributed by atoms with Gasteiger partial charge in [0.15, 0.2) is 5.70 Å². The van der Waals surface area contributed by atoms with Gasteiger partial charge in [-0.15, -0.1) is 0 Å². The quantitative estimate of drug-likeness (QED) is 0.385. The number of nitrogens with zero attached hydrogens (tertiary/aromatic N) is 2. The van der Waals surface area contributed by atoms with E-state index in [4.69, 9.17) is 27.9 Å². The smallest absolute Gasteiger partial charge is 0.363 e. The topological polar surface area (TPSA) is 51.5 Å². The van der Waals surface area contributed by atoms with E-state index in [2.05, 4.69) is 9.98 Å². The van der Waals surface area contributed by atoms with Gasteiger partial charge in [0, 0.05) is 21.1 Å². The minimum atomic E-state index is -0.503. The van der Waals surface area contributed by atoms with Gasteiger partial charge in [0.05, 0.1) is 5.56 Å². The van der Waals surface area contributed by atoms with Crippen molar-refractivity contribution in [3.63, 3.8) is 0 Å². The molecule has 0 atom stereocenters. The van der Waals surface area contributed by atoms with E-state index in [1.807, 2.05) is 42.5 Å². The number of ether oxygens (including phenoxy) is 1. The fourth-order valence-corrected chi connectivity index (χ4v) is 3.62. The molecule has 0 spiro atoms. The van der Waals surface area contributed by atoms with E-state index in [1.54, 1.807) is 30.5 Å². The average Bonchev–Trinajstić information content (AvgIpc) is 3.06. The highest BCUT2D eigenvalue weighted by Gasteiger charge is 2.26. The number of pyridine rings is 1. The number of aromatic nitrogens is 1. The summed E-state index contributed by atoms with van der Waals surface area (Å²) in [6.45, 7) is 0. The summed E-state index contributed by atoms with van der Waals surface area (Å²) in [5.74, 6) is -0.272.